The third kappa shape index (κ3) is 6.22. The Morgan fingerprint density at radius 1 is 0.812 bits per heavy atom. The summed E-state index contributed by atoms with van der Waals surface area (Å²) in [7, 11) is 0. The lowest BCUT2D eigenvalue weighted by molar-refractivity contribution is -0.145. The van der Waals surface area contributed by atoms with Gasteiger partial charge in [-0.1, -0.05) is 12.2 Å². The van der Waals surface area contributed by atoms with Crippen molar-refractivity contribution in [2.45, 2.75) is 38.5 Å². The van der Waals surface area contributed by atoms with Gasteiger partial charge in [0.1, 0.15) is 0 Å². The molecule has 0 atom stereocenters. The molecule has 0 spiro atoms. The molecule has 0 fully saturated rings. The smallest absolute Gasteiger partial charge is 0.305 e. The molecule has 1 heterocycles. The molecular weight excluding hydrogens is 208 g/mol. The van der Waals surface area contributed by atoms with Crippen molar-refractivity contribution >= 4 is 11.9 Å². The molecule has 0 saturated carbocycles. The van der Waals surface area contributed by atoms with Gasteiger partial charge in [-0.15, -0.1) is 0 Å². The second-order valence-electron chi connectivity index (χ2n) is 3.70. The highest BCUT2D eigenvalue weighted by molar-refractivity contribution is 5.70. The van der Waals surface area contributed by atoms with E-state index in [-0.39, 0.29) is 11.9 Å². The van der Waals surface area contributed by atoms with Crippen molar-refractivity contribution in [2.24, 2.45) is 0 Å². The van der Waals surface area contributed by atoms with E-state index >= 15 is 0 Å². The lowest BCUT2D eigenvalue weighted by atomic mass is 10.2. The quantitative estimate of drug-likeness (QED) is 0.468. The Morgan fingerprint density at radius 3 is 1.69 bits per heavy atom. The van der Waals surface area contributed by atoms with Gasteiger partial charge in [-0.25, -0.2) is 0 Å². The summed E-state index contributed by atoms with van der Waals surface area (Å²) >= 11 is 0. The van der Waals surface area contributed by atoms with E-state index in [0.29, 0.717) is 38.9 Å². The summed E-state index contributed by atoms with van der Waals surface area (Å²) in [5, 5.41) is 0. The lowest BCUT2D eigenvalue weighted by Gasteiger charge is -2.05. The molecule has 4 nitrogen and oxygen atoms in total. The number of esters is 2. The van der Waals surface area contributed by atoms with Crippen molar-refractivity contribution in [3.8, 4) is 0 Å². The summed E-state index contributed by atoms with van der Waals surface area (Å²) in [6, 6.07) is 0. The molecule has 0 aliphatic carbocycles. The molecular formula is C12H18O4. The molecule has 0 radical (unpaired) electrons. The van der Waals surface area contributed by atoms with Gasteiger partial charge in [-0.2, -0.15) is 0 Å². The van der Waals surface area contributed by atoms with E-state index in [1.54, 1.807) is 0 Å². The van der Waals surface area contributed by atoms with Crippen molar-refractivity contribution in [2.75, 3.05) is 13.2 Å². The van der Waals surface area contributed by atoms with E-state index < -0.39 is 0 Å². The van der Waals surface area contributed by atoms with E-state index in [0.717, 1.165) is 12.8 Å². The summed E-state index contributed by atoms with van der Waals surface area (Å²) in [5.74, 6) is -0.363. The molecule has 1 aliphatic rings. The molecule has 0 unspecified atom stereocenters. The van der Waals surface area contributed by atoms with E-state index in [1.165, 1.54) is 0 Å². The van der Waals surface area contributed by atoms with Gasteiger partial charge in [0.2, 0.25) is 0 Å². The van der Waals surface area contributed by atoms with Crippen LogP contribution in [-0.2, 0) is 19.1 Å². The zero-order valence-corrected chi connectivity index (χ0v) is 9.44. The average Bonchev–Trinajstić information content (AvgIpc) is 2.27. The highest BCUT2D eigenvalue weighted by Crippen LogP contribution is 2.04. The van der Waals surface area contributed by atoms with Crippen LogP contribution in [-0.4, -0.2) is 25.2 Å². The Hall–Kier alpha value is -1.32. The third-order valence-corrected chi connectivity index (χ3v) is 2.27. The highest BCUT2D eigenvalue weighted by Gasteiger charge is 2.05. The molecule has 0 aromatic rings. The van der Waals surface area contributed by atoms with Crippen molar-refractivity contribution in [1.29, 1.82) is 0 Å². The molecule has 0 aromatic carbocycles. The molecule has 0 saturated heterocycles. The first kappa shape index (κ1) is 12.7. The van der Waals surface area contributed by atoms with Crippen molar-refractivity contribution < 1.29 is 19.1 Å². The maximum Gasteiger partial charge on any atom is 0.305 e. The molecule has 0 amide bonds. The Morgan fingerprint density at radius 2 is 1.25 bits per heavy atom. The Labute approximate surface area is 95.6 Å². The average molecular weight is 226 g/mol. The summed E-state index contributed by atoms with van der Waals surface area (Å²) in [6.45, 7) is 0.879. The number of rotatable bonds is 0. The van der Waals surface area contributed by atoms with Crippen LogP contribution < -0.4 is 0 Å². The van der Waals surface area contributed by atoms with Crippen LogP contribution >= 0.6 is 0 Å². The van der Waals surface area contributed by atoms with Crippen molar-refractivity contribution in [3.63, 3.8) is 0 Å². The fourth-order valence-electron chi connectivity index (χ4n) is 1.40. The van der Waals surface area contributed by atoms with Crippen LogP contribution in [0.2, 0.25) is 0 Å². The van der Waals surface area contributed by atoms with Crippen LogP contribution in [0.3, 0.4) is 0 Å². The summed E-state index contributed by atoms with van der Waals surface area (Å²) < 4.78 is 10.0. The van der Waals surface area contributed by atoms with E-state index in [9.17, 15) is 9.59 Å². The highest BCUT2D eigenvalue weighted by atomic mass is 16.5. The predicted octanol–water partition coefficient (Wildman–Crippen LogP) is 1.98. The molecule has 16 heavy (non-hydrogen) atoms. The molecule has 0 N–H and O–H groups in total. The topological polar surface area (TPSA) is 52.6 Å². The SMILES string of the molecule is O=C1CCCCC(=O)OCC/C=C\CCO1. The van der Waals surface area contributed by atoms with Gasteiger partial charge >= 0.3 is 11.9 Å². The van der Waals surface area contributed by atoms with Crippen LogP contribution in [0.4, 0.5) is 0 Å². The van der Waals surface area contributed by atoms with Gasteiger partial charge in [0.15, 0.2) is 0 Å². The minimum atomic E-state index is -0.182. The molecule has 1 aliphatic heterocycles. The van der Waals surface area contributed by atoms with E-state index in [4.69, 9.17) is 9.47 Å². The number of carbonyl (C=O) groups is 2. The summed E-state index contributed by atoms with van der Waals surface area (Å²) in [5.41, 5.74) is 0. The van der Waals surface area contributed by atoms with Gasteiger partial charge in [0, 0.05) is 12.8 Å². The Kier molecular flexibility index (Phi) is 6.30. The molecule has 1 rings (SSSR count). The zero-order chi connectivity index (χ0) is 11.6. The Bertz CT molecular complexity index is 232. The first-order valence-corrected chi connectivity index (χ1v) is 5.75. The number of carbonyl (C=O) groups excluding carboxylic acids is 2. The van der Waals surface area contributed by atoms with Gasteiger partial charge in [-0.3, -0.25) is 9.59 Å². The molecule has 90 valence electrons. The standard InChI is InChI=1S/C12H18O4/c13-11-7-3-4-8-12(14)16-10-6-2-1-5-9-15-11/h1-2H,3-10H2/b2-1-. The Balaban J connectivity index is 2.33. The minimum absolute atomic E-state index is 0.182. The molecule has 4 heteroatoms. The van der Waals surface area contributed by atoms with Crippen LogP contribution in [0.15, 0.2) is 12.2 Å². The molecule has 0 aromatic heterocycles. The zero-order valence-electron chi connectivity index (χ0n) is 9.44. The van der Waals surface area contributed by atoms with Gasteiger partial charge in [0.05, 0.1) is 13.2 Å². The van der Waals surface area contributed by atoms with E-state index in [1.807, 2.05) is 12.2 Å². The maximum absolute atomic E-state index is 11.2. The maximum atomic E-state index is 11.2. The second-order valence-corrected chi connectivity index (χ2v) is 3.70. The van der Waals surface area contributed by atoms with Crippen LogP contribution in [0.5, 0.6) is 0 Å². The van der Waals surface area contributed by atoms with Gasteiger partial charge in [0.25, 0.3) is 0 Å². The van der Waals surface area contributed by atoms with Crippen molar-refractivity contribution in [3.05, 3.63) is 12.2 Å². The fraction of sp³-hybridized carbons (Fsp3) is 0.667. The first-order chi connectivity index (χ1) is 7.79. The number of ether oxygens (including phenoxy) is 2. The number of cyclic esters (lactones) is 2. The summed E-state index contributed by atoms with van der Waals surface area (Å²) in [6.07, 6.45) is 7.46. The van der Waals surface area contributed by atoms with Crippen molar-refractivity contribution in [1.82, 2.24) is 0 Å². The number of hydrogen-bond acceptors (Lipinski definition) is 4. The monoisotopic (exact) mass is 226 g/mol. The van der Waals surface area contributed by atoms with E-state index in [2.05, 4.69) is 0 Å². The minimum Gasteiger partial charge on any atom is -0.465 e. The fourth-order valence-corrected chi connectivity index (χ4v) is 1.40. The van der Waals surface area contributed by atoms with Gasteiger partial charge in [-0.05, 0) is 25.7 Å². The molecule has 0 bridgehead atoms. The first-order valence-electron chi connectivity index (χ1n) is 5.75. The largest absolute Gasteiger partial charge is 0.465 e. The van der Waals surface area contributed by atoms with Crippen LogP contribution in [0.1, 0.15) is 38.5 Å². The second kappa shape index (κ2) is 7.91. The van der Waals surface area contributed by atoms with Crippen LogP contribution in [0, 0.1) is 0 Å². The lowest BCUT2D eigenvalue weighted by Crippen LogP contribution is -2.08. The number of hydrogen-bond donors (Lipinski definition) is 0. The third-order valence-electron chi connectivity index (χ3n) is 2.27. The predicted molar refractivity (Wildman–Crippen MR) is 58.8 cm³/mol. The summed E-state index contributed by atoms with van der Waals surface area (Å²) in [4.78, 5) is 22.3. The van der Waals surface area contributed by atoms with Gasteiger partial charge < -0.3 is 9.47 Å². The normalized spacial score (nSPS) is 22.8. The van der Waals surface area contributed by atoms with Crippen LogP contribution in [0.25, 0.3) is 0 Å².